The van der Waals surface area contributed by atoms with E-state index in [1.807, 2.05) is 0 Å². The molecule has 0 bridgehead atoms. The molecule has 4 atom stereocenters. The van der Waals surface area contributed by atoms with Crippen molar-refractivity contribution in [3.8, 4) is 0 Å². The number of carbonyl (C=O) groups is 3. The van der Waals surface area contributed by atoms with Gasteiger partial charge in [0.1, 0.15) is 12.1 Å². The molecule has 3 amide bonds. The van der Waals surface area contributed by atoms with Crippen LogP contribution in [0.4, 0.5) is 0 Å². The molecular weight excluding hydrogens is 514 g/mol. The van der Waals surface area contributed by atoms with E-state index >= 15 is 0 Å². The molecule has 0 unspecified atom stereocenters. The van der Waals surface area contributed by atoms with Crippen LogP contribution in [0.2, 0.25) is 0 Å². The zero-order valence-corrected chi connectivity index (χ0v) is 23.4. The van der Waals surface area contributed by atoms with Gasteiger partial charge in [-0.2, -0.15) is 0 Å². The standard InChI is InChI=1S/C26H49N3O10/c1-19(33)28-23(17-32)26(39-22(15-30)16-31)38-12-8-4-5-9-24(35)27-11-7-3-6-10-25(36)29-14-21(34)13-20(29)18-37-2/h20-23,26,30-32,34H,3-18H2,1-2H3,(H,27,35)(H,28,33)/t20-,21+,23-,26+/m0/s1. The largest absolute Gasteiger partial charge is 0.394 e. The van der Waals surface area contributed by atoms with E-state index in [2.05, 4.69) is 10.6 Å². The average Bonchev–Trinajstić information content (AvgIpc) is 3.28. The molecule has 0 aromatic carbocycles. The number of nitrogens with one attached hydrogen (secondary N) is 2. The van der Waals surface area contributed by atoms with Crippen molar-refractivity contribution in [3.63, 3.8) is 0 Å². The first kappa shape index (κ1) is 35.2. The number of carbonyl (C=O) groups excluding carboxylic acids is 3. The van der Waals surface area contributed by atoms with Crippen LogP contribution in [0, 0.1) is 0 Å². The van der Waals surface area contributed by atoms with Gasteiger partial charge in [0.05, 0.1) is 38.6 Å². The number of nitrogens with zero attached hydrogens (tertiary/aromatic N) is 1. The number of aliphatic hydroxyl groups is 4. The first-order valence-electron chi connectivity index (χ1n) is 13.9. The fraction of sp³-hybridized carbons (Fsp3) is 0.885. The molecule has 1 aliphatic heterocycles. The lowest BCUT2D eigenvalue weighted by Gasteiger charge is -2.29. The normalized spacial score (nSPS) is 18.8. The fourth-order valence-corrected chi connectivity index (χ4v) is 4.39. The third-order valence-corrected chi connectivity index (χ3v) is 6.44. The van der Waals surface area contributed by atoms with Crippen LogP contribution in [-0.4, -0.2) is 127 Å². The zero-order chi connectivity index (χ0) is 29.0. The van der Waals surface area contributed by atoms with Gasteiger partial charge in [0.2, 0.25) is 17.7 Å². The predicted octanol–water partition coefficient (Wildman–Crippen LogP) is -0.959. The molecule has 1 rings (SSSR count). The molecule has 0 radical (unpaired) electrons. The van der Waals surface area contributed by atoms with Gasteiger partial charge >= 0.3 is 0 Å². The van der Waals surface area contributed by atoms with E-state index in [1.54, 1.807) is 12.0 Å². The highest BCUT2D eigenvalue weighted by Crippen LogP contribution is 2.20. The number of β-amino-alcohol motifs (C(OH)–C–C–N with tert-alkyl or cyclic N) is 1. The summed E-state index contributed by atoms with van der Waals surface area (Å²) in [6.07, 6.45) is 3.20. The van der Waals surface area contributed by atoms with Crippen LogP contribution in [0.1, 0.15) is 64.7 Å². The van der Waals surface area contributed by atoms with Crippen LogP contribution in [0.5, 0.6) is 0 Å². The Balaban J connectivity index is 2.16. The molecule has 1 fully saturated rings. The minimum Gasteiger partial charge on any atom is -0.394 e. The molecule has 1 saturated heterocycles. The number of unbranched alkanes of at least 4 members (excludes halogenated alkanes) is 4. The quantitative estimate of drug-likeness (QED) is 0.0707. The van der Waals surface area contributed by atoms with Crippen LogP contribution in [0.25, 0.3) is 0 Å². The maximum atomic E-state index is 12.4. The van der Waals surface area contributed by atoms with E-state index in [0.717, 1.165) is 19.3 Å². The second-order valence-electron chi connectivity index (χ2n) is 9.87. The highest BCUT2D eigenvalue weighted by molar-refractivity contribution is 5.77. The van der Waals surface area contributed by atoms with Crippen LogP contribution < -0.4 is 10.6 Å². The minimum absolute atomic E-state index is 0.0307. The summed E-state index contributed by atoms with van der Waals surface area (Å²) < 4.78 is 16.3. The van der Waals surface area contributed by atoms with Gasteiger partial charge in [0, 0.05) is 46.6 Å². The summed E-state index contributed by atoms with van der Waals surface area (Å²) in [6, 6.07) is -0.920. The van der Waals surface area contributed by atoms with E-state index in [1.165, 1.54) is 6.92 Å². The average molecular weight is 564 g/mol. The summed E-state index contributed by atoms with van der Waals surface area (Å²) in [6.45, 7) is 1.54. The van der Waals surface area contributed by atoms with Gasteiger partial charge in [-0.1, -0.05) is 12.8 Å². The van der Waals surface area contributed by atoms with Crippen LogP contribution in [-0.2, 0) is 28.6 Å². The molecule has 0 aliphatic carbocycles. The van der Waals surface area contributed by atoms with Crippen LogP contribution in [0.3, 0.4) is 0 Å². The van der Waals surface area contributed by atoms with Crippen molar-refractivity contribution < 1.29 is 49.0 Å². The maximum Gasteiger partial charge on any atom is 0.222 e. The second kappa shape index (κ2) is 21.0. The number of hydrogen-bond donors (Lipinski definition) is 6. The Labute approximate surface area is 231 Å². The molecule has 1 aliphatic rings. The lowest BCUT2D eigenvalue weighted by molar-refractivity contribution is -0.204. The third-order valence-electron chi connectivity index (χ3n) is 6.44. The van der Waals surface area contributed by atoms with E-state index in [-0.39, 0.29) is 30.4 Å². The number of hydrogen-bond acceptors (Lipinski definition) is 10. The summed E-state index contributed by atoms with van der Waals surface area (Å²) in [4.78, 5) is 37.6. The van der Waals surface area contributed by atoms with Crippen molar-refractivity contribution in [1.29, 1.82) is 0 Å². The number of likely N-dealkylation sites (tertiary alicyclic amines) is 1. The summed E-state index contributed by atoms with van der Waals surface area (Å²) in [5.41, 5.74) is 0. The minimum atomic E-state index is -1.05. The van der Waals surface area contributed by atoms with Gasteiger partial charge in [-0.3, -0.25) is 14.4 Å². The molecule has 0 aromatic rings. The first-order chi connectivity index (χ1) is 18.7. The molecule has 13 heteroatoms. The second-order valence-corrected chi connectivity index (χ2v) is 9.87. The highest BCUT2D eigenvalue weighted by atomic mass is 16.7. The Morgan fingerprint density at radius 3 is 2.31 bits per heavy atom. The summed E-state index contributed by atoms with van der Waals surface area (Å²) in [7, 11) is 1.59. The topological polar surface area (TPSA) is 187 Å². The Hall–Kier alpha value is -1.87. The van der Waals surface area contributed by atoms with E-state index in [4.69, 9.17) is 14.2 Å². The lowest BCUT2D eigenvalue weighted by atomic mass is 10.1. The van der Waals surface area contributed by atoms with Crippen molar-refractivity contribution in [2.24, 2.45) is 0 Å². The van der Waals surface area contributed by atoms with Gasteiger partial charge in [-0.05, 0) is 32.1 Å². The lowest BCUT2D eigenvalue weighted by Crippen LogP contribution is -2.49. The SMILES string of the molecule is COC[C@@H]1C[C@@H](O)CN1C(=O)CCCCCNC(=O)CCCCCO[C@H](OC(CO)CO)[C@H](CO)NC(C)=O. The molecule has 1 heterocycles. The number of amides is 3. The Kier molecular flexibility index (Phi) is 18.9. The Morgan fingerprint density at radius 1 is 0.974 bits per heavy atom. The third kappa shape index (κ3) is 14.9. The molecule has 13 nitrogen and oxygen atoms in total. The maximum absolute atomic E-state index is 12.4. The summed E-state index contributed by atoms with van der Waals surface area (Å²) >= 11 is 0. The number of aliphatic hydroxyl groups excluding tert-OH is 4. The summed E-state index contributed by atoms with van der Waals surface area (Å²) in [5, 5.41) is 43.3. The van der Waals surface area contributed by atoms with E-state index in [0.29, 0.717) is 58.2 Å². The van der Waals surface area contributed by atoms with Crippen LogP contribution >= 0.6 is 0 Å². The molecule has 0 saturated carbocycles. The molecule has 0 aromatic heterocycles. The summed E-state index contributed by atoms with van der Waals surface area (Å²) in [5.74, 6) is -0.390. The smallest absolute Gasteiger partial charge is 0.222 e. The number of rotatable bonds is 22. The van der Waals surface area contributed by atoms with Crippen molar-refractivity contribution in [1.82, 2.24) is 15.5 Å². The van der Waals surface area contributed by atoms with Crippen molar-refractivity contribution in [3.05, 3.63) is 0 Å². The number of ether oxygens (including phenoxy) is 3. The first-order valence-corrected chi connectivity index (χ1v) is 13.9. The highest BCUT2D eigenvalue weighted by Gasteiger charge is 2.33. The molecule has 0 spiro atoms. The Bertz CT molecular complexity index is 695. The zero-order valence-electron chi connectivity index (χ0n) is 23.4. The van der Waals surface area contributed by atoms with Crippen LogP contribution in [0.15, 0.2) is 0 Å². The molecule has 6 N–H and O–H groups in total. The van der Waals surface area contributed by atoms with Gasteiger partial charge in [-0.15, -0.1) is 0 Å². The van der Waals surface area contributed by atoms with Gasteiger partial charge in [0.25, 0.3) is 0 Å². The number of methoxy groups -OCH3 is 1. The predicted molar refractivity (Wildman–Crippen MR) is 141 cm³/mol. The van der Waals surface area contributed by atoms with Crippen molar-refractivity contribution in [2.45, 2.75) is 95.3 Å². The van der Waals surface area contributed by atoms with E-state index < -0.39 is 44.4 Å². The van der Waals surface area contributed by atoms with Crippen molar-refractivity contribution in [2.75, 3.05) is 53.2 Å². The molecular formula is C26H49N3O10. The van der Waals surface area contributed by atoms with Crippen molar-refractivity contribution >= 4 is 17.7 Å². The van der Waals surface area contributed by atoms with Gasteiger partial charge in [0.15, 0.2) is 6.29 Å². The van der Waals surface area contributed by atoms with Gasteiger partial charge in [-0.25, -0.2) is 0 Å². The van der Waals surface area contributed by atoms with Gasteiger partial charge < -0.3 is 50.2 Å². The monoisotopic (exact) mass is 563 g/mol. The Morgan fingerprint density at radius 2 is 1.67 bits per heavy atom. The molecule has 39 heavy (non-hydrogen) atoms. The fourth-order valence-electron chi connectivity index (χ4n) is 4.39. The van der Waals surface area contributed by atoms with E-state index in [9.17, 15) is 34.8 Å². The molecule has 228 valence electrons.